The lowest BCUT2D eigenvalue weighted by molar-refractivity contribution is -0.141. The smallest absolute Gasteiger partial charge is 0.412 e. The average molecular weight is 599 g/mol. The Kier molecular flexibility index (Phi) is 7.99. The van der Waals surface area contributed by atoms with Crippen molar-refractivity contribution in [1.82, 2.24) is 10.2 Å². The van der Waals surface area contributed by atoms with Gasteiger partial charge in [0.15, 0.2) is 11.4 Å². The first-order valence-electron chi connectivity index (χ1n) is 13.0. The third-order valence-electron chi connectivity index (χ3n) is 7.17. The fourth-order valence-electron chi connectivity index (χ4n) is 5.35. The van der Waals surface area contributed by atoms with E-state index in [0.717, 1.165) is 0 Å². The van der Waals surface area contributed by atoms with Gasteiger partial charge in [-0.3, -0.25) is 20.2 Å². The first-order valence-corrected chi connectivity index (χ1v) is 13.3. The lowest BCUT2D eigenvalue weighted by atomic mass is 9.82. The van der Waals surface area contributed by atoms with Crippen LogP contribution in [0.3, 0.4) is 0 Å². The van der Waals surface area contributed by atoms with E-state index in [1.54, 1.807) is 6.07 Å². The van der Waals surface area contributed by atoms with E-state index in [1.165, 1.54) is 59.5 Å². The number of hydrogen-bond acceptors (Lipinski definition) is 5. The number of rotatable bonds is 6. The Bertz CT molecular complexity index is 1570. The molecule has 4 amide bonds. The largest absolute Gasteiger partial charge is 0.465 e. The van der Waals surface area contributed by atoms with Crippen LogP contribution in [0.15, 0.2) is 60.7 Å². The zero-order valence-corrected chi connectivity index (χ0v) is 22.7. The zero-order valence-electron chi connectivity index (χ0n) is 22.0. The number of halogens is 3. The Morgan fingerprint density at radius 3 is 2.60 bits per heavy atom. The molecule has 0 aliphatic carbocycles. The number of fused-ring (bicyclic) bond motifs is 2. The number of carbonyl (C=O) groups is 4. The van der Waals surface area contributed by atoms with Crippen molar-refractivity contribution in [3.63, 3.8) is 0 Å². The third kappa shape index (κ3) is 5.98. The van der Waals surface area contributed by atoms with Crippen LogP contribution in [-0.2, 0) is 21.6 Å². The summed E-state index contributed by atoms with van der Waals surface area (Å²) in [4.78, 5) is 51.8. The monoisotopic (exact) mass is 598 g/mol. The van der Waals surface area contributed by atoms with E-state index in [-0.39, 0.29) is 53.5 Å². The van der Waals surface area contributed by atoms with Crippen molar-refractivity contribution in [2.45, 2.75) is 30.9 Å². The fraction of sp³-hybridized carbons (Fsp3) is 0.241. The van der Waals surface area contributed by atoms with E-state index in [9.17, 15) is 23.6 Å². The number of benzene rings is 3. The van der Waals surface area contributed by atoms with Gasteiger partial charge in [0.1, 0.15) is 11.9 Å². The number of carboxylic acid groups (broad SMARTS) is 1. The Morgan fingerprint density at radius 2 is 1.88 bits per heavy atom. The maximum Gasteiger partial charge on any atom is 0.412 e. The van der Waals surface area contributed by atoms with Gasteiger partial charge < -0.3 is 20.1 Å². The second-order valence-electron chi connectivity index (χ2n) is 10.0. The molecule has 1 unspecified atom stereocenters. The van der Waals surface area contributed by atoms with Gasteiger partial charge in [0.25, 0.3) is 5.91 Å². The molecule has 0 bridgehead atoms. The van der Waals surface area contributed by atoms with Crippen LogP contribution in [0.5, 0.6) is 0 Å². The molecule has 2 atom stereocenters. The van der Waals surface area contributed by atoms with Gasteiger partial charge >= 0.3 is 12.2 Å². The standard InChI is InChI=1S/C29H25ClF2N4O6/c30-20-9-10-21-23(24(20)32)29(42-28(41)35-21)11-2-12-36(15-29)26(38)22(14-16-3-1-4-18(31)13-16)34-25(37)17-5-7-19(8-6-17)33-27(39)40/h1,3-10,13,22,33H,2,11-12,14-15H2,(H,34,37)(H,35,41)(H,39,40)/t22-,29?/m0/s1. The number of likely N-dealkylation sites (tertiary alicyclic amines) is 1. The summed E-state index contributed by atoms with van der Waals surface area (Å²) in [6.45, 7) is 0.0305. The van der Waals surface area contributed by atoms with Gasteiger partial charge in [0.05, 0.1) is 22.8 Å². The van der Waals surface area contributed by atoms with Gasteiger partial charge in [-0.2, -0.15) is 0 Å². The predicted octanol–water partition coefficient (Wildman–Crippen LogP) is 5.13. The normalized spacial score (nSPS) is 18.4. The predicted molar refractivity (Wildman–Crippen MR) is 148 cm³/mol. The van der Waals surface area contributed by atoms with Crippen molar-refractivity contribution in [2.24, 2.45) is 0 Å². The first kappa shape index (κ1) is 28.8. The summed E-state index contributed by atoms with van der Waals surface area (Å²) < 4.78 is 34.9. The molecule has 2 aliphatic heterocycles. The summed E-state index contributed by atoms with van der Waals surface area (Å²) >= 11 is 6.05. The van der Waals surface area contributed by atoms with E-state index < -0.39 is 47.3 Å². The molecule has 3 aromatic carbocycles. The molecule has 4 N–H and O–H groups in total. The summed E-state index contributed by atoms with van der Waals surface area (Å²) in [5, 5.41) is 16.0. The summed E-state index contributed by atoms with van der Waals surface area (Å²) in [7, 11) is 0. The lowest BCUT2D eigenvalue weighted by Gasteiger charge is -2.45. The molecule has 5 rings (SSSR count). The molecular weight excluding hydrogens is 574 g/mol. The van der Waals surface area contributed by atoms with E-state index in [1.807, 2.05) is 0 Å². The highest BCUT2D eigenvalue weighted by Crippen LogP contribution is 2.45. The van der Waals surface area contributed by atoms with Crippen LogP contribution in [0.1, 0.15) is 34.3 Å². The molecule has 1 fully saturated rings. The lowest BCUT2D eigenvalue weighted by Crippen LogP contribution is -2.57. The van der Waals surface area contributed by atoms with Crippen molar-refractivity contribution in [3.8, 4) is 0 Å². The molecule has 13 heteroatoms. The van der Waals surface area contributed by atoms with Crippen molar-refractivity contribution < 1.29 is 37.8 Å². The van der Waals surface area contributed by atoms with Crippen LogP contribution in [-0.4, -0.2) is 53.1 Å². The van der Waals surface area contributed by atoms with E-state index >= 15 is 4.39 Å². The Labute approximate surface area is 243 Å². The molecule has 0 radical (unpaired) electrons. The van der Waals surface area contributed by atoms with Crippen molar-refractivity contribution >= 4 is 47.0 Å². The van der Waals surface area contributed by atoms with Gasteiger partial charge in [-0.05, 0) is 66.9 Å². The second kappa shape index (κ2) is 11.6. The minimum absolute atomic E-state index is 0.0351. The third-order valence-corrected chi connectivity index (χ3v) is 7.46. The summed E-state index contributed by atoms with van der Waals surface area (Å²) in [6.07, 6.45) is -1.56. The van der Waals surface area contributed by atoms with E-state index in [4.69, 9.17) is 21.4 Å². The maximum absolute atomic E-state index is 15.3. The summed E-state index contributed by atoms with van der Waals surface area (Å²) in [5.74, 6) is -2.47. The number of carbonyl (C=O) groups excluding carboxylic acids is 3. The number of piperidine rings is 1. The molecule has 2 heterocycles. The topological polar surface area (TPSA) is 137 Å². The van der Waals surface area contributed by atoms with Crippen molar-refractivity contribution in [1.29, 1.82) is 0 Å². The molecule has 42 heavy (non-hydrogen) atoms. The van der Waals surface area contributed by atoms with Crippen LogP contribution in [0.2, 0.25) is 5.02 Å². The van der Waals surface area contributed by atoms with E-state index in [0.29, 0.717) is 12.0 Å². The van der Waals surface area contributed by atoms with Gasteiger partial charge in [-0.15, -0.1) is 0 Å². The fourth-order valence-corrected chi connectivity index (χ4v) is 5.51. The van der Waals surface area contributed by atoms with Gasteiger partial charge in [-0.1, -0.05) is 23.7 Å². The number of nitrogens with one attached hydrogen (secondary N) is 3. The van der Waals surface area contributed by atoms with Gasteiger partial charge in [0, 0.05) is 24.2 Å². The number of anilines is 2. The van der Waals surface area contributed by atoms with Crippen LogP contribution in [0, 0.1) is 11.6 Å². The minimum atomic E-state index is -1.51. The van der Waals surface area contributed by atoms with Crippen LogP contribution < -0.4 is 16.0 Å². The highest BCUT2D eigenvalue weighted by Gasteiger charge is 2.49. The van der Waals surface area contributed by atoms with Gasteiger partial charge in [-0.25, -0.2) is 18.4 Å². The van der Waals surface area contributed by atoms with Crippen LogP contribution in [0.4, 0.5) is 29.7 Å². The van der Waals surface area contributed by atoms with Crippen LogP contribution >= 0.6 is 11.6 Å². The summed E-state index contributed by atoms with van der Waals surface area (Å²) in [6, 6.07) is 12.8. The Morgan fingerprint density at radius 1 is 1.12 bits per heavy atom. The molecular formula is C29H25ClF2N4O6. The highest BCUT2D eigenvalue weighted by molar-refractivity contribution is 6.31. The van der Waals surface area contributed by atoms with Crippen molar-refractivity contribution in [3.05, 3.63) is 94.0 Å². The average Bonchev–Trinajstić information content (AvgIpc) is 2.94. The quantitative estimate of drug-likeness (QED) is 0.310. The molecule has 1 spiro atoms. The maximum atomic E-state index is 15.3. The molecule has 10 nitrogen and oxygen atoms in total. The van der Waals surface area contributed by atoms with Crippen LogP contribution in [0.25, 0.3) is 0 Å². The second-order valence-corrected chi connectivity index (χ2v) is 10.4. The number of ether oxygens (including phenoxy) is 1. The molecule has 1 saturated heterocycles. The molecule has 0 saturated carbocycles. The SMILES string of the molecule is O=C(O)Nc1ccc(C(=O)N[C@@H](Cc2cccc(F)c2)C(=O)N2CCCC3(C2)OC(=O)Nc2ccc(Cl)c(F)c23)cc1. The number of hydrogen-bond donors (Lipinski definition) is 4. The zero-order chi connectivity index (χ0) is 30.0. The van der Waals surface area contributed by atoms with Crippen molar-refractivity contribution in [2.75, 3.05) is 23.7 Å². The number of amides is 4. The Balaban J connectivity index is 1.43. The number of nitrogens with zero attached hydrogens (tertiary/aromatic N) is 1. The molecule has 0 aromatic heterocycles. The Hall–Kier alpha value is -4.71. The molecule has 218 valence electrons. The minimum Gasteiger partial charge on any atom is -0.465 e. The van der Waals surface area contributed by atoms with E-state index in [2.05, 4.69) is 16.0 Å². The first-order chi connectivity index (χ1) is 20.0. The summed E-state index contributed by atoms with van der Waals surface area (Å²) in [5.41, 5.74) is -0.454. The highest BCUT2D eigenvalue weighted by atomic mass is 35.5. The van der Waals surface area contributed by atoms with Gasteiger partial charge in [0.2, 0.25) is 5.91 Å². The molecule has 3 aromatic rings. The molecule has 2 aliphatic rings.